The lowest BCUT2D eigenvalue weighted by Gasteiger charge is -2.18. The second-order valence-corrected chi connectivity index (χ2v) is 8.36. The first-order valence-electron chi connectivity index (χ1n) is 11.1. The fraction of sp³-hybridized carbons (Fsp3) is 0.214. The van der Waals surface area contributed by atoms with Crippen LogP contribution < -0.4 is 14.8 Å². The Hall–Kier alpha value is -3.86. The molecule has 33 heavy (non-hydrogen) atoms. The van der Waals surface area contributed by atoms with Crippen molar-refractivity contribution in [3.8, 4) is 22.6 Å². The second kappa shape index (κ2) is 8.58. The molecule has 0 bridgehead atoms. The molecule has 0 amide bonds. The van der Waals surface area contributed by atoms with Crippen LogP contribution in [0.25, 0.3) is 28.1 Å². The lowest BCUT2D eigenvalue weighted by Crippen LogP contribution is -2.10. The van der Waals surface area contributed by atoms with Gasteiger partial charge < -0.3 is 14.8 Å². The quantitative estimate of drug-likeness (QED) is 0.380. The van der Waals surface area contributed by atoms with Gasteiger partial charge in [-0.15, -0.1) is 0 Å². The summed E-state index contributed by atoms with van der Waals surface area (Å²) in [6, 6.07) is 19.3. The third-order valence-corrected chi connectivity index (χ3v) is 6.17. The molecule has 0 radical (unpaired) electrons. The number of fused-ring (bicyclic) bond motifs is 2. The van der Waals surface area contributed by atoms with Crippen LogP contribution in [0.5, 0.6) is 11.5 Å². The van der Waals surface area contributed by atoms with E-state index in [0.717, 1.165) is 23.1 Å². The van der Waals surface area contributed by atoms with Gasteiger partial charge in [0.15, 0.2) is 11.5 Å². The fourth-order valence-corrected chi connectivity index (χ4v) is 4.39. The maximum atomic E-state index is 5.50. The van der Waals surface area contributed by atoms with E-state index in [0.29, 0.717) is 17.3 Å². The normalized spacial score (nSPS) is 13.1. The highest BCUT2D eigenvalue weighted by Gasteiger charge is 2.15. The number of anilines is 1. The van der Waals surface area contributed by atoms with Crippen LogP contribution in [0.3, 0.4) is 0 Å². The van der Waals surface area contributed by atoms with E-state index in [1.807, 2.05) is 19.1 Å². The largest absolute Gasteiger partial charge is 0.493 e. The molecule has 0 saturated carbocycles. The Bertz CT molecular complexity index is 1380. The molecule has 0 fully saturated rings. The second-order valence-electron chi connectivity index (χ2n) is 8.36. The Morgan fingerprint density at radius 1 is 0.909 bits per heavy atom. The van der Waals surface area contributed by atoms with E-state index in [2.05, 4.69) is 71.8 Å². The van der Waals surface area contributed by atoms with Gasteiger partial charge in [-0.2, -0.15) is 0 Å². The first-order valence-corrected chi connectivity index (χ1v) is 11.1. The Morgan fingerprint density at radius 3 is 2.52 bits per heavy atom. The van der Waals surface area contributed by atoms with E-state index in [9.17, 15) is 0 Å². The van der Waals surface area contributed by atoms with Crippen LogP contribution in [0.1, 0.15) is 35.5 Å². The third-order valence-electron chi connectivity index (χ3n) is 6.17. The maximum Gasteiger partial charge on any atom is 0.162 e. The predicted octanol–water partition coefficient (Wildman–Crippen LogP) is 6.36. The molecule has 5 nitrogen and oxygen atoms in total. The smallest absolute Gasteiger partial charge is 0.162 e. The van der Waals surface area contributed by atoms with Crippen molar-refractivity contribution in [3.63, 3.8) is 0 Å². The minimum atomic E-state index is 0.0462. The predicted molar refractivity (Wildman–Crippen MR) is 134 cm³/mol. The molecule has 5 rings (SSSR count). The summed E-state index contributed by atoms with van der Waals surface area (Å²) in [6.45, 7) is 4.05. The van der Waals surface area contributed by atoms with Gasteiger partial charge in [0.2, 0.25) is 0 Å². The summed E-state index contributed by atoms with van der Waals surface area (Å²) < 4.78 is 10.9. The molecule has 1 heterocycles. The summed E-state index contributed by atoms with van der Waals surface area (Å²) in [4.78, 5) is 9.28. The van der Waals surface area contributed by atoms with Gasteiger partial charge in [0, 0.05) is 17.5 Å². The zero-order valence-electron chi connectivity index (χ0n) is 19.3. The number of ether oxygens (including phenoxy) is 2. The molecule has 1 atom stereocenters. The molecule has 3 aromatic carbocycles. The van der Waals surface area contributed by atoms with E-state index < -0.39 is 0 Å². The number of benzene rings is 3. The van der Waals surface area contributed by atoms with Crippen molar-refractivity contribution in [1.82, 2.24) is 9.97 Å². The van der Waals surface area contributed by atoms with Gasteiger partial charge in [-0.25, -0.2) is 9.97 Å². The molecule has 0 aliphatic heterocycles. The first-order chi connectivity index (χ1) is 16.1. The van der Waals surface area contributed by atoms with Gasteiger partial charge in [0.05, 0.1) is 19.7 Å². The van der Waals surface area contributed by atoms with Crippen LogP contribution in [0.2, 0.25) is 0 Å². The summed E-state index contributed by atoms with van der Waals surface area (Å²) in [5, 5.41) is 4.49. The molecule has 1 aliphatic rings. The molecule has 1 aromatic heterocycles. The number of aromatic nitrogens is 2. The van der Waals surface area contributed by atoms with Gasteiger partial charge in [-0.1, -0.05) is 42.5 Å². The van der Waals surface area contributed by atoms with Crippen LogP contribution in [0.15, 0.2) is 60.7 Å². The van der Waals surface area contributed by atoms with E-state index in [1.54, 1.807) is 14.2 Å². The monoisotopic (exact) mass is 437 g/mol. The summed E-state index contributed by atoms with van der Waals surface area (Å²) in [7, 11) is 3.26. The summed E-state index contributed by atoms with van der Waals surface area (Å²) in [6.07, 6.45) is 5.45. The van der Waals surface area contributed by atoms with E-state index in [1.165, 1.54) is 27.8 Å². The number of nitrogens with zero attached hydrogens (tertiary/aromatic N) is 2. The SMILES string of the molecule is COc1cc2nc(C)nc(N[C@H](C)c3cccc(-c4ccc5c(c4)C=CC5)c3)c2cc1OC. The van der Waals surface area contributed by atoms with Gasteiger partial charge in [-0.3, -0.25) is 0 Å². The maximum absolute atomic E-state index is 5.50. The lowest BCUT2D eigenvalue weighted by molar-refractivity contribution is 0.356. The number of methoxy groups -OCH3 is 2. The molecule has 0 spiro atoms. The fourth-order valence-electron chi connectivity index (χ4n) is 4.39. The molecule has 166 valence electrons. The van der Waals surface area contributed by atoms with E-state index in [-0.39, 0.29) is 6.04 Å². The lowest BCUT2D eigenvalue weighted by atomic mass is 9.97. The van der Waals surface area contributed by atoms with Crippen LogP contribution in [0.4, 0.5) is 5.82 Å². The Balaban J connectivity index is 1.48. The standard InChI is InChI=1S/C28H27N3O2/c1-17(20-8-6-10-22(13-20)23-12-11-19-7-5-9-21(19)14-23)29-28-24-15-26(32-3)27(33-4)16-25(24)30-18(2)31-28/h5-6,8-17H,7H2,1-4H3,(H,29,30,31)/t17-/m1/s1. The van der Waals surface area contributed by atoms with Crippen LogP contribution in [0, 0.1) is 6.92 Å². The topological polar surface area (TPSA) is 56.3 Å². The number of aryl methyl sites for hydroxylation is 1. The van der Waals surface area contributed by atoms with Crippen molar-refractivity contribution in [2.45, 2.75) is 26.3 Å². The van der Waals surface area contributed by atoms with Gasteiger partial charge in [0.25, 0.3) is 0 Å². The highest BCUT2D eigenvalue weighted by molar-refractivity contribution is 5.92. The minimum absolute atomic E-state index is 0.0462. The highest BCUT2D eigenvalue weighted by Crippen LogP contribution is 2.35. The van der Waals surface area contributed by atoms with Crippen molar-refractivity contribution < 1.29 is 9.47 Å². The highest BCUT2D eigenvalue weighted by atomic mass is 16.5. The molecule has 4 aromatic rings. The average Bonchev–Trinajstić information content (AvgIpc) is 3.31. The van der Waals surface area contributed by atoms with Gasteiger partial charge >= 0.3 is 0 Å². The zero-order valence-corrected chi connectivity index (χ0v) is 19.3. The van der Waals surface area contributed by atoms with Crippen molar-refractivity contribution in [2.24, 2.45) is 0 Å². The number of hydrogen-bond acceptors (Lipinski definition) is 5. The van der Waals surface area contributed by atoms with Crippen LogP contribution in [-0.4, -0.2) is 24.2 Å². The Morgan fingerprint density at radius 2 is 1.70 bits per heavy atom. The number of rotatable bonds is 6. The molecule has 1 N–H and O–H groups in total. The zero-order chi connectivity index (χ0) is 22.9. The van der Waals surface area contributed by atoms with Crippen LogP contribution in [-0.2, 0) is 6.42 Å². The number of nitrogens with one attached hydrogen (secondary N) is 1. The molecule has 0 saturated heterocycles. The van der Waals surface area contributed by atoms with E-state index >= 15 is 0 Å². The molecule has 1 aliphatic carbocycles. The van der Waals surface area contributed by atoms with Crippen molar-refractivity contribution in [1.29, 1.82) is 0 Å². The Labute approximate surface area is 194 Å². The summed E-state index contributed by atoms with van der Waals surface area (Å²) in [5.74, 6) is 2.78. The molecule has 5 heteroatoms. The van der Waals surface area contributed by atoms with Crippen molar-refractivity contribution in [2.75, 3.05) is 19.5 Å². The number of hydrogen-bond donors (Lipinski definition) is 1. The summed E-state index contributed by atoms with van der Waals surface area (Å²) >= 11 is 0. The molecule has 0 unspecified atom stereocenters. The average molecular weight is 438 g/mol. The van der Waals surface area contributed by atoms with Gasteiger partial charge in [0.1, 0.15) is 11.6 Å². The third kappa shape index (κ3) is 4.02. The Kier molecular flexibility index (Phi) is 5.47. The van der Waals surface area contributed by atoms with Crippen molar-refractivity contribution >= 4 is 22.8 Å². The number of allylic oxidation sites excluding steroid dienone is 1. The minimum Gasteiger partial charge on any atom is -0.493 e. The van der Waals surface area contributed by atoms with Crippen LogP contribution >= 0.6 is 0 Å². The first kappa shape index (κ1) is 21.0. The van der Waals surface area contributed by atoms with Crippen molar-refractivity contribution in [3.05, 3.63) is 83.2 Å². The molecular formula is C28H27N3O2. The van der Waals surface area contributed by atoms with Gasteiger partial charge in [-0.05, 0) is 66.3 Å². The molecular weight excluding hydrogens is 410 g/mol. The summed E-state index contributed by atoms with van der Waals surface area (Å²) in [5.41, 5.74) is 7.15. The van der Waals surface area contributed by atoms with E-state index in [4.69, 9.17) is 14.5 Å².